The summed E-state index contributed by atoms with van der Waals surface area (Å²) in [5.74, 6) is -2.33. The van der Waals surface area contributed by atoms with Crippen LogP contribution in [0.4, 0.5) is 0 Å². The van der Waals surface area contributed by atoms with Crippen molar-refractivity contribution in [1.29, 1.82) is 0 Å². The Morgan fingerprint density at radius 1 is 0.806 bits per heavy atom. The Morgan fingerprint density at radius 2 is 1.44 bits per heavy atom. The molecule has 4 saturated heterocycles. The zero-order valence-corrected chi connectivity index (χ0v) is 20.2. The summed E-state index contributed by atoms with van der Waals surface area (Å²) in [5, 5.41) is 35.3. The van der Waals surface area contributed by atoms with Crippen molar-refractivity contribution < 1.29 is 58.4 Å². The molecule has 2 spiro atoms. The predicted octanol–water partition coefficient (Wildman–Crippen LogP) is -0.581. The fourth-order valence-electron chi connectivity index (χ4n) is 6.03. The first kappa shape index (κ1) is 26.2. The van der Waals surface area contributed by atoms with E-state index in [0.717, 1.165) is 51.4 Å². The second kappa shape index (κ2) is 10.4. The molecule has 12 nitrogen and oxygen atoms in total. The lowest BCUT2D eigenvalue weighted by Gasteiger charge is -2.34. The number of ether oxygens (including phenoxy) is 6. The lowest BCUT2D eigenvalue weighted by atomic mass is 9.94. The summed E-state index contributed by atoms with van der Waals surface area (Å²) >= 11 is 0. The Kier molecular flexibility index (Phi) is 7.59. The van der Waals surface area contributed by atoms with Gasteiger partial charge in [0.25, 0.3) is 0 Å². The lowest BCUT2D eigenvalue weighted by molar-refractivity contribution is -0.230. The molecule has 36 heavy (non-hydrogen) atoms. The second-order valence-corrected chi connectivity index (χ2v) is 10.5. The van der Waals surface area contributed by atoms with E-state index in [1.165, 1.54) is 12.8 Å². The van der Waals surface area contributed by atoms with E-state index >= 15 is 0 Å². The highest BCUT2D eigenvalue weighted by Crippen LogP contribution is 2.47. The van der Waals surface area contributed by atoms with Crippen LogP contribution < -0.4 is 0 Å². The SMILES string of the molecule is O=C1O[C@@H](C2COC3(CCCCC3)O2)C2OC3(CCCCC3)O[C@@H]12.O=C1O[C@@H]([C@H](O)CO)[C@@H](O)C1O. The molecule has 0 bridgehead atoms. The molecule has 0 amide bonds. The monoisotopic (exact) mass is 516 g/mol. The van der Waals surface area contributed by atoms with Crippen LogP contribution in [0.2, 0.25) is 0 Å². The molecule has 4 N–H and O–H groups in total. The molecule has 6 aliphatic rings. The van der Waals surface area contributed by atoms with Gasteiger partial charge in [0.2, 0.25) is 0 Å². The van der Waals surface area contributed by atoms with Gasteiger partial charge in [-0.05, 0) is 25.7 Å². The van der Waals surface area contributed by atoms with Crippen molar-refractivity contribution >= 4 is 11.9 Å². The molecule has 0 radical (unpaired) electrons. The minimum Gasteiger partial charge on any atom is -0.455 e. The number of carbonyl (C=O) groups is 2. The van der Waals surface area contributed by atoms with Gasteiger partial charge in [-0.2, -0.15) is 0 Å². The number of esters is 2. The topological polar surface area (TPSA) is 170 Å². The Bertz CT molecular complexity index is 807. The summed E-state index contributed by atoms with van der Waals surface area (Å²) in [7, 11) is 0. The summed E-state index contributed by atoms with van der Waals surface area (Å²) in [5.41, 5.74) is 0. The smallest absolute Gasteiger partial charge is 0.338 e. The van der Waals surface area contributed by atoms with Crippen molar-refractivity contribution in [1.82, 2.24) is 0 Å². The van der Waals surface area contributed by atoms with Crippen LogP contribution in [-0.4, -0.2) is 106 Å². The Balaban J connectivity index is 0.000000189. The average Bonchev–Trinajstić information content (AvgIpc) is 3.60. The number of carbonyl (C=O) groups excluding carboxylic acids is 2. The fraction of sp³-hybridized carbons (Fsp3) is 0.917. The lowest BCUT2D eigenvalue weighted by Crippen LogP contribution is -2.43. The van der Waals surface area contributed by atoms with E-state index in [1.54, 1.807) is 0 Å². The van der Waals surface area contributed by atoms with Gasteiger partial charge in [0.1, 0.15) is 24.4 Å². The zero-order chi connectivity index (χ0) is 25.5. The van der Waals surface area contributed by atoms with Crippen molar-refractivity contribution in [2.24, 2.45) is 0 Å². The van der Waals surface area contributed by atoms with Crippen molar-refractivity contribution in [3.05, 3.63) is 0 Å². The number of aliphatic hydroxyl groups is 4. The largest absolute Gasteiger partial charge is 0.455 e. The number of cyclic esters (lactones) is 2. The van der Waals surface area contributed by atoms with E-state index in [-0.39, 0.29) is 18.2 Å². The molecule has 2 saturated carbocycles. The molecule has 0 aromatic carbocycles. The first-order valence-electron chi connectivity index (χ1n) is 13.0. The van der Waals surface area contributed by atoms with Gasteiger partial charge in [-0.1, -0.05) is 12.8 Å². The standard InChI is InChI=1S/C18H26O6.C6H10O6/c19-16-15-14(23-18(24-15)9-5-2-6-10-18)13(21-16)12-11-20-17(22-12)7-3-1-4-8-17;7-1-2(8)5-3(9)4(10)6(11)12-5/h12-15H,1-11H2;2-5,7-10H,1H2/t12?,13-,14?,15+;2-,3+,4?,5+/m01/s1. The zero-order valence-electron chi connectivity index (χ0n) is 20.2. The average molecular weight is 517 g/mol. The van der Waals surface area contributed by atoms with Gasteiger partial charge in [-0.25, -0.2) is 9.59 Å². The maximum Gasteiger partial charge on any atom is 0.338 e. The van der Waals surface area contributed by atoms with Gasteiger partial charge in [0.05, 0.1) is 13.2 Å². The van der Waals surface area contributed by atoms with Gasteiger partial charge < -0.3 is 48.8 Å². The molecule has 0 aromatic heterocycles. The highest BCUT2D eigenvalue weighted by Gasteiger charge is 2.62. The van der Waals surface area contributed by atoms with Crippen LogP contribution >= 0.6 is 0 Å². The van der Waals surface area contributed by atoms with Crippen LogP contribution in [0, 0.1) is 0 Å². The van der Waals surface area contributed by atoms with Crippen molar-refractivity contribution in [3.8, 4) is 0 Å². The van der Waals surface area contributed by atoms with E-state index in [2.05, 4.69) is 4.74 Å². The van der Waals surface area contributed by atoms with Gasteiger partial charge in [0.15, 0.2) is 36.0 Å². The molecular formula is C24H36O12. The third-order valence-corrected chi connectivity index (χ3v) is 7.99. The normalized spacial score (nSPS) is 41.5. The predicted molar refractivity (Wildman–Crippen MR) is 117 cm³/mol. The third-order valence-electron chi connectivity index (χ3n) is 7.99. The van der Waals surface area contributed by atoms with E-state index in [0.29, 0.717) is 6.61 Å². The molecule has 8 atom stereocenters. The second-order valence-electron chi connectivity index (χ2n) is 10.5. The van der Waals surface area contributed by atoms with Gasteiger partial charge in [0, 0.05) is 25.7 Å². The number of hydrogen-bond donors (Lipinski definition) is 4. The number of hydrogen-bond acceptors (Lipinski definition) is 12. The van der Waals surface area contributed by atoms with Crippen LogP contribution in [0.3, 0.4) is 0 Å². The van der Waals surface area contributed by atoms with E-state index in [4.69, 9.17) is 44.1 Å². The van der Waals surface area contributed by atoms with Crippen LogP contribution in [-0.2, 0) is 38.0 Å². The number of fused-ring (bicyclic) bond motifs is 1. The maximum absolute atomic E-state index is 12.3. The summed E-state index contributed by atoms with van der Waals surface area (Å²) in [4.78, 5) is 22.9. The molecule has 204 valence electrons. The van der Waals surface area contributed by atoms with Crippen molar-refractivity contribution in [3.63, 3.8) is 0 Å². The first-order chi connectivity index (χ1) is 17.3. The maximum atomic E-state index is 12.3. The summed E-state index contributed by atoms with van der Waals surface area (Å²) in [6.07, 6.45) is 3.17. The van der Waals surface area contributed by atoms with E-state index in [1.807, 2.05) is 0 Å². The highest BCUT2D eigenvalue weighted by atomic mass is 16.8. The molecule has 6 fully saturated rings. The van der Waals surface area contributed by atoms with Crippen molar-refractivity contribution in [2.75, 3.05) is 13.2 Å². The Hall–Kier alpha value is -1.38. The molecule has 4 heterocycles. The van der Waals surface area contributed by atoms with Gasteiger partial charge in [-0.3, -0.25) is 0 Å². The fourth-order valence-corrected chi connectivity index (χ4v) is 6.03. The molecule has 4 aliphatic heterocycles. The number of rotatable bonds is 3. The van der Waals surface area contributed by atoms with Crippen LogP contribution in [0.15, 0.2) is 0 Å². The molecule has 6 rings (SSSR count). The minimum atomic E-state index is -1.63. The van der Waals surface area contributed by atoms with Gasteiger partial charge >= 0.3 is 11.9 Å². The van der Waals surface area contributed by atoms with Crippen molar-refractivity contribution in [2.45, 2.75) is 125 Å². The highest BCUT2D eigenvalue weighted by molar-refractivity contribution is 5.79. The molecule has 0 aromatic rings. The van der Waals surface area contributed by atoms with E-state index in [9.17, 15) is 9.59 Å². The van der Waals surface area contributed by atoms with E-state index < -0.39 is 60.8 Å². The summed E-state index contributed by atoms with van der Waals surface area (Å²) < 4.78 is 34.6. The molecule has 3 unspecified atom stereocenters. The van der Waals surface area contributed by atoms with Gasteiger partial charge in [-0.15, -0.1) is 0 Å². The van der Waals surface area contributed by atoms with Crippen LogP contribution in [0.5, 0.6) is 0 Å². The number of aliphatic hydroxyl groups excluding tert-OH is 4. The quantitative estimate of drug-likeness (QED) is 0.352. The Morgan fingerprint density at radius 3 is 2.03 bits per heavy atom. The van der Waals surface area contributed by atoms with Crippen LogP contribution in [0.1, 0.15) is 64.2 Å². The molecule has 2 aliphatic carbocycles. The molecule has 12 heteroatoms. The first-order valence-corrected chi connectivity index (χ1v) is 13.0. The minimum absolute atomic E-state index is 0.246. The third kappa shape index (κ3) is 4.90. The Labute approximate surface area is 208 Å². The summed E-state index contributed by atoms with van der Waals surface area (Å²) in [6.45, 7) is -0.167. The molecular weight excluding hydrogens is 480 g/mol. The summed E-state index contributed by atoms with van der Waals surface area (Å²) in [6, 6.07) is 0. The van der Waals surface area contributed by atoms with Crippen LogP contribution in [0.25, 0.3) is 0 Å².